The van der Waals surface area contributed by atoms with Crippen molar-refractivity contribution in [2.45, 2.75) is 51.7 Å². The largest absolute Gasteiger partial charge is 0.373 e. The molecule has 5 heteroatoms. The molecule has 4 nitrogen and oxygen atoms in total. The van der Waals surface area contributed by atoms with Gasteiger partial charge >= 0.3 is 0 Å². The highest BCUT2D eigenvalue weighted by Crippen LogP contribution is 2.29. The molecule has 3 atom stereocenters. The summed E-state index contributed by atoms with van der Waals surface area (Å²) in [6.45, 7) is 9.07. The predicted octanol–water partition coefficient (Wildman–Crippen LogP) is 2.14. The number of hydrogen-bond donors (Lipinski definition) is 2. The molecule has 2 fully saturated rings. The summed E-state index contributed by atoms with van der Waals surface area (Å²) in [5.74, 6) is 1.73. The molecular formula is C13H26IN3O. The van der Waals surface area contributed by atoms with Crippen molar-refractivity contribution in [1.82, 2.24) is 10.6 Å². The molecule has 0 amide bonds. The molecule has 0 bridgehead atoms. The van der Waals surface area contributed by atoms with Crippen molar-refractivity contribution < 1.29 is 4.74 Å². The van der Waals surface area contributed by atoms with Crippen LogP contribution in [0.4, 0.5) is 0 Å². The fourth-order valence-electron chi connectivity index (χ4n) is 2.23. The Labute approximate surface area is 127 Å². The van der Waals surface area contributed by atoms with E-state index >= 15 is 0 Å². The molecule has 0 radical (unpaired) electrons. The van der Waals surface area contributed by atoms with Crippen molar-refractivity contribution >= 4 is 29.9 Å². The summed E-state index contributed by atoms with van der Waals surface area (Å²) in [5.41, 5.74) is -0.0441. The van der Waals surface area contributed by atoms with Crippen LogP contribution in [-0.4, -0.2) is 37.3 Å². The third kappa shape index (κ3) is 4.57. The fraction of sp³-hybridized carbons (Fsp3) is 0.923. The van der Waals surface area contributed by atoms with Gasteiger partial charge in [0.15, 0.2) is 5.96 Å². The average molecular weight is 367 g/mol. The Hall–Kier alpha value is -0.0400. The highest BCUT2D eigenvalue weighted by molar-refractivity contribution is 14.0. The van der Waals surface area contributed by atoms with E-state index < -0.39 is 0 Å². The van der Waals surface area contributed by atoms with Gasteiger partial charge in [0.2, 0.25) is 0 Å². The fourth-order valence-corrected chi connectivity index (χ4v) is 2.23. The second-order valence-corrected chi connectivity index (χ2v) is 5.56. The number of hydrogen-bond acceptors (Lipinski definition) is 2. The highest BCUT2D eigenvalue weighted by atomic mass is 127. The highest BCUT2D eigenvalue weighted by Gasteiger charge is 2.34. The topological polar surface area (TPSA) is 45.7 Å². The number of guanidine groups is 1. The number of nitrogens with one attached hydrogen (secondary N) is 2. The zero-order valence-corrected chi connectivity index (χ0v) is 14.0. The van der Waals surface area contributed by atoms with Crippen LogP contribution in [0.3, 0.4) is 0 Å². The number of rotatable bonds is 4. The van der Waals surface area contributed by atoms with Gasteiger partial charge in [-0.05, 0) is 39.0 Å². The van der Waals surface area contributed by atoms with Crippen molar-refractivity contribution in [3.63, 3.8) is 0 Å². The Morgan fingerprint density at radius 3 is 2.72 bits per heavy atom. The zero-order valence-electron chi connectivity index (χ0n) is 11.7. The maximum atomic E-state index is 5.75. The molecule has 0 aromatic rings. The van der Waals surface area contributed by atoms with Gasteiger partial charge in [-0.25, -0.2) is 0 Å². The van der Waals surface area contributed by atoms with E-state index in [-0.39, 0.29) is 29.6 Å². The van der Waals surface area contributed by atoms with Crippen LogP contribution in [0.1, 0.15) is 40.0 Å². The standard InChI is InChI=1S/C13H25N3O.HI/c1-4-14-12(16-11-8-10(11)2)15-9-13(3)6-5-7-17-13;/h10-11H,4-9H2,1-3H3,(H2,14,15,16);1H. The summed E-state index contributed by atoms with van der Waals surface area (Å²) in [4.78, 5) is 4.65. The van der Waals surface area contributed by atoms with Gasteiger partial charge in [0.25, 0.3) is 0 Å². The molecule has 2 N–H and O–H groups in total. The van der Waals surface area contributed by atoms with Crippen LogP contribution in [0.25, 0.3) is 0 Å². The molecule has 2 aliphatic rings. The lowest BCUT2D eigenvalue weighted by molar-refractivity contribution is 0.0283. The van der Waals surface area contributed by atoms with E-state index in [1.165, 1.54) is 6.42 Å². The Balaban J connectivity index is 0.00000162. The van der Waals surface area contributed by atoms with E-state index in [0.717, 1.165) is 44.4 Å². The predicted molar refractivity (Wildman–Crippen MR) is 85.7 cm³/mol. The number of ether oxygens (including phenoxy) is 1. The lowest BCUT2D eigenvalue weighted by Crippen LogP contribution is -2.40. The van der Waals surface area contributed by atoms with Crippen molar-refractivity contribution in [3.05, 3.63) is 0 Å². The van der Waals surface area contributed by atoms with E-state index in [2.05, 4.69) is 36.4 Å². The molecule has 0 aromatic carbocycles. The quantitative estimate of drug-likeness (QED) is 0.455. The number of aliphatic imine (C=N–C) groups is 1. The van der Waals surface area contributed by atoms with Crippen molar-refractivity contribution in [1.29, 1.82) is 0 Å². The molecule has 0 spiro atoms. The third-order valence-electron chi connectivity index (χ3n) is 3.65. The van der Waals surface area contributed by atoms with Gasteiger partial charge < -0.3 is 15.4 Å². The molecule has 106 valence electrons. The molecule has 2 rings (SSSR count). The van der Waals surface area contributed by atoms with Crippen LogP contribution in [0, 0.1) is 5.92 Å². The van der Waals surface area contributed by atoms with E-state index in [1.807, 2.05) is 0 Å². The van der Waals surface area contributed by atoms with Crippen LogP contribution in [0.2, 0.25) is 0 Å². The van der Waals surface area contributed by atoms with Crippen LogP contribution < -0.4 is 10.6 Å². The van der Waals surface area contributed by atoms with E-state index in [1.54, 1.807) is 0 Å². The smallest absolute Gasteiger partial charge is 0.191 e. The zero-order chi connectivity index (χ0) is 12.3. The minimum Gasteiger partial charge on any atom is -0.373 e. The normalized spacial score (nSPS) is 34.9. The van der Waals surface area contributed by atoms with Crippen LogP contribution in [0.5, 0.6) is 0 Å². The molecule has 1 aliphatic carbocycles. The second-order valence-electron chi connectivity index (χ2n) is 5.56. The molecule has 0 aromatic heterocycles. The van der Waals surface area contributed by atoms with Gasteiger partial charge in [0, 0.05) is 19.2 Å². The molecular weight excluding hydrogens is 341 g/mol. The first-order valence-corrected chi connectivity index (χ1v) is 6.82. The van der Waals surface area contributed by atoms with Gasteiger partial charge in [0.1, 0.15) is 0 Å². The average Bonchev–Trinajstić information content (AvgIpc) is 2.80. The van der Waals surface area contributed by atoms with Crippen LogP contribution in [-0.2, 0) is 4.74 Å². The molecule has 3 unspecified atom stereocenters. The van der Waals surface area contributed by atoms with Gasteiger partial charge in [-0.1, -0.05) is 6.92 Å². The summed E-state index contributed by atoms with van der Waals surface area (Å²) < 4.78 is 5.75. The first-order chi connectivity index (χ1) is 8.13. The van der Waals surface area contributed by atoms with E-state index in [9.17, 15) is 0 Å². The van der Waals surface area contributed by atoms with Crippen LogP contribution >= 0.6 is 24.0 Å². The Bertz CT molecular complexity index is 290. The van der Waals surface area contributed by atoms with Crippen molar-refractivity contribution in [2.75, 3.05) is 19.7 Å². The Kier molecular flexibility index (Phi) is 6.17. The number of halogens is 1. The molecule has 1 heterocycles. The van der Waals surface area contributed by atoms with Crippen molar-refractivity contribution in [2.24, 2.45) is 10.9 Å². The van der Waals surface area contributed by atoms with Gasteiger partial charge in [-0.3, -0.25) is 4.99 Å². The maximum absolute atomic E-state index is 5.75. The molecule has 1 saturated carbocycles. The molecule has 1 aliphatic heterocycles. The van der Waals surface area contributed by atoms with Crippen molar-refractivity contribution in [3.8, 4) is 0 Å². The SMILES string of the molecule is CCNC(=NCC1(C)CCCO1)NC1CC1C.I. The lowest BCUT2D eigenvalue weighted by Gasteiger charge is -2.21. The first kappa shape index (κ1) is 16.0. The summed E-state index contributed by atoms with van der Waals surface area (Å²) >= 11 is 0. The Morgan fingerprint density at radius 1 is 1.50 bits per heavy atom. The second kappa shape index (κ2) is 6.93. The van der Waals surface area contributed by atoms with Gasteiger partial charge in [-0.15, -0.1) is 24.0 Å². The third-order valence-corrected chi connectivity index (χ3v) is 3.65. The number of nitrogens with zero attached hydrogens (tertiary/aromatic N) is 1. The van der Waals surface area contributed by atoms with E-state index in [4.69, 9.17) is 4.74 Å². The minimum absolute atomic E-state index is 0. The van der Waals surface area contributed by atoms with E-state index in [0.29, 0.717) is 6.04 Å². The monoisotopic (exact) mass is 367 g/mol. The minimum atomic E-state index is -0.0441. The van der Waals surface area contributed by atoms with Crippen LogP contribution in [0.15, 0.2) is 4.99 Å². The summed E-state index contributed by atoms with van der Waals surface area (Å²) in [6, 6.07) is 0.616. The lowest BCUT2D eigenvalue weighted by atomic mass is 10.0. The maximum Gasteiger partial charge on any atom is 0.191 e. The first-order valence-electron chi connectivity index (χ1n) is 6.82. The molecule has 1 saturated heterocycles. The molecule has 18 heavy (non-hydrogen) atoms. The van der Waals surface area contributed by atoms with Gasteiger partial charge in [0.05, 0.1) is 12.1 Å². The summed E-state index contributed by atoms with van der Waals surface area (Å²) in [7, 11) is 0. The summed E-state index contributed by atoms with van der Waals surface area (Å²) in [6.07, 6.45) is 3.55. The van der Waals surface area contributed by atoms with Gasteiger partial charge in [-0.2, -0.15) is 0 Å². The summed E-state index contributed by atoms with van der Waals surface area (Å²) in [5, 5.41) is 6.77. The Morgan fingerprint density at radius 2 is 2.22 bits per heavy atom.